The zero-order valence-electron chi connectivity index (χ0n) is 9.70. The molecule has 0 spiro atoms. The van der Waals surface area contributed by atoms with Crippen molar-refractivity contribution >= 4 is 15.5 Å². The molecule has 1 heterocycles. The summed E-state index contributed by atoms with van der Waals surface area (Å²) in [5, 5.41) is 0. The first kappa shape index (κ1) is 13.2. The predicted octanol–water partition coefficient (Wildman–Crippen LogP) is 0.658. The largest absolute Gasteiger partial charge is 0.365 e. The van der Waals surface area contributed by atoms with E-state index in [-0.39, 0.29) is 36.8 Å². The minimum atomic E-state index is -3.07. The number of nitrogens with zero attached hydrogens (tertiary/aromatic N) is 1. The van der Waals surface area contributed by atoms with E-state index in [0.717, 1.165) is 0 Å². The zero-order chi connectivity index (χ0) is 13.3. The van der Waals surface area contributed by atoms with Gasteiger partial charge in [0.15, 0.2) is 9.84 Å². The Kier molecular flexibility index (Phi) is 3.54. The molecule has 0 amide bonds. The molecule has 1 aliphatic rings. The van der Waals surface area contributed by atoms with E-state index in [2.05, 4.69) is 0 Å². The van der Waals surface area contributed by atoms with Crippen molar-refractivity contribution in [2.45, 2.75) is 6.54 Å². The van der Waals surface area contributed by atoms with Crippen LogP contribution in [0.1, 0.15) is 5.56 Å². The second-order valence-electron chi connectivity index (χ2n) is 4.25. The number of anilines is 1. The number of halogens is 2. The number of sulfone groups is 1. The van der Waals surface area contributed by atoms with Crippen molar-refractivity contribution in [2.75, 3.05) is 29.5 Å². The number of benzene rings is 1. The van der Waals surface area contributed by atoms with Gasteiger partial charge < -0.3 is 10.6 Å². The Labute approximate surface area is 104 Å². The van der Waals surface area contributed by atoms with Gasteiger partial charge in [-0.15, -0.1) is 0 Å². The van der Waals surface area contributed by atoms with Crippen molar-refractivity contribution in [3.63, 3.8) is 0 Å². The van der Waals surface area contributed by atoms with Crippen molar-refractivity contribution in [3.05, 3.63) is 29.3 Å². The molecule has 0 aromatic heterocycles. The molecular formula is C11H14F2N2O2S. The van der Waals surface area contributed by atoms with Gasteiger partial charge in [0.2, 0.25) is 0 Å². The maximum Gasteiger partial charge on any atom is 0.153 e. The van der Waals surface area contributed by atoms with Gasteiger partial charge in [-0.3, -0.25) is 0 Å². The Morgan fingerprint density at radius 1 is 1.17 bits per heavy atom. The summed E-state index contributed by atoms with van der Waals surface area (Å²) < 4.78 is 50.1. The lowest BCUT2D eigenvalue weighted by molar-refractivity contribution is 0.559. The molecule has 0 unspecified atom stereocenters. The molecule has 7 heteroatoms. The van der Waals surface area contributed by atoms with E-state index in [9.17, 15) is 17.2 Å². The van der Waals surface area contributed by atoms with Crippen molar-refractivity contribution in [2.24, 2.45) is 5.73 Å². The third-order valence-corrected chi connectivity index (χ3v) is 4.58. The van der Waals surface area contributed by atoms with E-state index in [0.29, 0.717) is 5.56 Å². The van der Waals surface area contributed by atoms with E-state index >= 15 is 0 Å². The first-order valence-corrected chi connectivity index (χ1v) is 7.38. The van der Waals surface area contributed by atoms with Gasteiger partial charge in [0.1, 0.15) is 17.3 Å². The molecule has 2 N–H and O–H groups in total. The summed E-state index contributed by atoms with van der Waals surface area (Å²) in [6.45, 7) is 0.277. The summed E-state index contributed by atoms with van der Waals surface area (Å²) in [5.74, 6) is -1.56. The Hall–Kier alpha value is -1.21. The minimum Gasteiger partial charge on any atom is -0.365 e. The molecule has 1 saturated heterocycles. The standard InChI is InChI=1S/C11H14F2N2O2S/c12-9-5-8(7-14)6-10(13)11(9)15-1-3-18(16,17)4-2-15/h5-6H,1-4,7,14H2. The van der Waals surface area contributed by atoms with Gasteiger partial charge in [0.05, 0.1) is 11.5 Å². The molecule has 1 aromatic carbocycles. The molecule has 1 aromatic rings. The van der Waals surface area contributed by atoms with Gasteiger partial charge >= 0.3 is 0 Å². The summed E-state index contributed by atoms with van der Waals surface area (Å²) in [6.07, 6.45) is 0. The molecule has 18 heavy (non-hydrogen) atoms. The van der Waals surface area contributed by atoms with Crippen LogP contribution in [0.15, 0.2) is 12.1 Å². The quantitative estimate of drug-likeness (QED) is 0.862. The second-order valence-corrected chi connectivity index (χ2v) is 6.55. The van der Waals surface area contributed by atoms with Crippen LogP contribution in [0.3, 0.4) is 0 Å². The van der Waals surface area contributed by atoms with Gasteiger partial charge in [-0.25, -0.2) is 17.2 Å². The van der Waals surface area contributed by atoms with Gasteiger partial charge in [0, 0.05) is 19.6 Å². The van der Waals surface area contributed by atoms with Crippen LogP contribution in [-0.2, 0) is 16.4 Å². The highest BCUT2D eigenvalue weighted by atomic mass is 32.2. The Bertz CT molecular complexity index is 523. The lowest BCUT2D eigenvalue weighted by Crippen LogP contribution is -2.41. The zero-order valence-corrected chi connectivity index (χ0v) is 10.5. The number of nitrogens with two attached hydrogens (primary N) is 1. The number of hydrogen-bond acceptors (Lipinski definition) is 4. The smallest absolute Gasteiger partial charge is 0.153 e. The van der Waals surface area contributed by atoms with Gasteiger partial charge in [-0.05, 0) is 17.7 Å². The molecule has 1 fully saturated rings. The summed E-state index contributed by atoms with van der Waals surface area (Å²) in [5.41, 5.74) is 5.53. The highest BCUT2D eigenvalue weighted by Crippen LogP contribution is 2.26. The van der Waals surface area contributed by atoms with Gasteiger partial charge in [-0.1, -0.05) is 0 Å². The van der Waals surface area contributed by atoms with Crippen molar-refractivity contribution < 1.29 is 17.2 Å². The summed E-state index contributed by atoms with van der Waals surface area (Å²) in [6, 6.07) is 2.36. The van der Waals surface area contributed by atoms with Crippen LogP contribution in [0.5, 0.6) is 0 Å². The Morgan fingerprint density at radius 3 is 2.11 bits per heavy atom. The first-order valence-electron chi connectivity index (χ1n) is 5.56. The van der Waals surface area contributed by atoms with Crippen LogP contribution in [0.2, 0.25) is 0 Å². The second kappa shape index (κ2) is 4.81. The van der Waals surface area contributed by atoms with E-state index in [1.165, 1.54) is 17.0 Å². The van der Waals surface area contributed by atoms with E-state index in [1.807, 2.05) is 0 Å². The van der Waals surface area contributed by atoms with Crippen LogP contribution < -0.4 is 10.6 Å². The third kappa shape index (κ3) is 2.62. The predicted molar refractivity (Wildman–Crippen MR) is 65.1 cm³/mol. The number of hydrogen-bond donors (Lipinski definition) is 1. The SMILES string of the molecule is NCc1cc(F)c(N2CCS(=O)(=O)CC2)c(F)c1. The molecule has 0 radical (unpaired) electrons. The normalized spacial score (nSPS) is 18.9. The fourth-order valence-corrected chi connectivity index (χ4v) is 3.18. The van der Waals surface area contributed by atoms with Crippen molar-refractivity contribution in [1.29, 1.82) is 0 Å². The van der Waals surface area contributed by atoms with Crippen LogP contribution in [-0.4, -0.2) is 33.0 Å². The highest BCUT2D eigenvalue weighted by molar-refractivity contribution is 7.91. The summed E-state index contributed by atoms with van der Waals surface area (Å²) in [4.78, 5) is 1.42. The van der Waals surface area contributed by atoms with Crippen molar-refractivity contribution in [1.82, 2.24) is 0 Å². The number of rotatable bonds is 2. The molecular weight excluding hydrogens is 262 g/mol. The van der Waals surface area contributed by atoms with Gasteiger partial charge in [-0.2, -0.15) is 0 Å². The maximum atomic E-state index is 13.8. The van der Waals surface area contributed by atoms with Crippen molar-refractivity contribution in [3.8, 4) is 0 Å². The van der Waals surface area contributed by atoms with E-state index in [1.54, 1.807) is 0 Å². The lowest BCUT2D eigenvalue weighted by Gasteiger charge is -2.29. The fraction of sp³-hybridized carbons (Fsp3) is 0.455. The average Bonchev–Trinajstić information content (AvgIpc) is 2.30. The van der Waals surface area contributed by atoms with Gasteiger partial charge in [0.25, 0.3) is 0 Å². The molecule has 0 bridgehead atoms. The molecule has 1 aliphatic heterocycles. The van der Waals surface area contributed by atoms with Crippen LogP contribution in [0.4, 0.5) is 14.5 Å². The van der Waals surface area contributed by atoms with E-state index in [4.69, 9.17) is 5.73 Å². The summed E-state index contributed by atoms with van der Waals surface area (Å²) in [7, 11) is -3.07. The monoisotopic (exact) mass is 276 g/mol. The molecule has 0 saturated carbocycles. The molecule has 0 aliphatic carbocycles. The van der Waals surface area contributed by atoms with E-state index < -0.39 is 21.5 Å². The minimum absolute atomic E-state index is 0.0580. The fourth-order valence-electron chi connectivity index (χ4n) is 1.97. The van der Waals surface area contributed by atoms with Crippen LogP contribution in [0, 0.1) is 11.6 Å². The topological polar surface area (TPSA) is 63.4 Å². The average molecular weight is 276 g/mol. The Balaban J connectivity index is 2.29. The third-order valence-electron chi connectivity index (χ3n) is 2.97. The lowest BCUT2D eigenvalue weighted by atomic mass is 10.1. The molecule has 0 atom stereocenters. The highest BCUT2D eigenvalue weighted by Gasteiger charge is 2.25. The first-order chi connectivity index (χ1) is 8.43. The Morgan fingerprint density at radius 2 is 1.67 bits per heavy atom. The molecule has 100 valence electrons. The maximum absolute atomic E-state index is 13.8. The summed E-state index contributed by atoms with van der Waals surface area (Å²) >= 11 is 0. The molecule has 2 rings (SSSR count). The molecule has 4 nitrogen and oxygen atoms in total. The van der Waals surface area contributed by atoms with Crippen LogP contribution in [0.25, 0.3) is 0 Å². The van der Waals surface area contributed by atoms with Crippen LogP contribution >= 0.6 is 0 Å².